The summed E-state index contributed by atoms with van der Waals surface area (Å²) >= 11 is 0. The van der Waals surface area contributed by atoms with Crippen LogP contribution in [0.15, 0.2) is 0 Å². The van der Waals surface area contributed by atoms with Gasteiger partial charge in [0.1, 0.15) is 0 Å². The van der Waals surface area contributed by atoms with Crippen LogP contribution in [0.3, 0.4) is 0 Å². The minimum absolute atomic E-state index is 0. The second kappa shape index (κ2) is 39.5. The van der Waals surface area contributed by atoms with Crippen LogP contribution in [-0.2, 0) is 40.2 Å². The third kappa shape index (κ3) is 36.6. The zero-order valence-electron chi connectivity index (χ0n) is 27.9. The molecule has 0 aliphatic rings. The van der Waals surface area contributed by atoms with Gasteiger partial charge in [0, 0.05) is 23.9 Å². The summed E-state index contributed by atoms with van der Waals surface area (Å²) in [5, 5.41) is 41.3. The van der Waals surface area contributed by atoms with Crippen molar-refractivity contribution >= 4 is 23.9 Å². The molecule has 0 heterocycles. The average Bonchev–Trinajstić information content (AvgIpc) is 2.91. The fourth-order valence-electron chi connectivity index (χ4n) is 3.76. The predicted octanol–water partition coefficient (Wildman–Crippen LogP) is 3.97. The number of carbonyl (C=O) groups excluding carboxylic acids is 4. The Morgan fingerprint density at radius 3 is 0.619 bits per heavy atom. The molecule has 0 aromatic heterocycles. The summed E-state index contributed by atoms with van der Waals surface area (Å²) in [4.78, 5) is 41.3. The number of hydrogen-bond donors (Lipinski definition) is 1. The molecule has 10 heteroatoms. The van der Waals surface area contributed by atoms with Gasteiger partial charge in [-0.25, -0.2) is 0 Å². The summed E-state index contributed by atoms with van der Waals surface area (Å²) in [5.41, 5.74) is 0. The van der Waals surface area contributed by atoms with Crippen molar-refractivity contribution in [1.29, 1.82) is 0 Å². The molecule has 0 fully saturated rings. The maximum absolute atomic E-state index is 10.3. The van der Waals surface area contributed by atoms with Gasteiger partial charge in [0.2, 0.25) is 0 Å². The molecule has 3 N–H and O–H groups in total. The Morgan fingerprint density at radius 1 is 0.405 bits per heavy atom. The smallest absolute Gasteiger partial charge is 0.550 e. The van der Waals surface area contributed by atoms with Crippen molar-refractivity contribution in [2.24, 2.45) is 23.7 Å². The molecule has 0 saturated heterocycles. The van der Waals surface area contributed by atoms with Crippen molar-refractivity contribution in [1.82, 2.24) is 6.15 Å². The van der Waals surface area contributed by atoms with Gasteiger partial charge >= 0.3 is 21.1 Å². The molecule has 0 aliphatic heterocycles. The van der Waals surface area contributed by atoms with Gasteiger partial charge in [-0.2, -0.15) is 0 Å². The minimum atomic E-state index is -0.893. The Kier molecular flexibility index (Phi) is 50.0. The van der Waals surface area contributed by atoms with Crippen LogP contribution in [0.5, 0.6) is 0 Å². The third-order valence-corrected chi connectivity index (χ3v) is 6.93. The van der Waals surface area contributed by atoms with Crippen LogP contribution in [0.1, 0.15) is 158 Å². The number of carboxylic acid groups (broad SMARTS) is 4. The van der Waals surface area contributed by atoms with Crippen molar-refractivity contribution in [2.45, 2.75) is 158 Å². The van der Waals surface area contributed by atoms with Crippen LogP contribution in [0.4, 0.5) is 0 Å². The Balaban J connectivity index is -0.000000101. The van der Waals surface area contributed by atoms with E-state index in [1.54, 1.807) is 0 Å². The summed E-state index contributed by atoms with van der Waals surface area (Å²) in [7, 11) is 0. The van der Waals surface area contributed by atoms with E-state index in [2.05, 4.69) is 27.7 Å². The molecule has 254 valence electrons. The second-order valence-corrected chi connectivity index (χ2v) is 10.3. The first-order valence-corrected chi connectivity index (χ1v) is 15.7. The van der Waals surface area contributed by atoms with E-state index in [1.807, 2.05) is 27.7 Å². The number of aliphatic carboxylic acids is 4. The van der Waals surface area contributed by atoms with Gasteiger partial charge in [0.05, 0.1) is 0 Å². The van der Waals surface area contributed by atoms with Gasteiger partial charge in [-0.3, -0.25) is 0 Å². The molecule has 0 saturated carbocycles. The van der Waals surface area contributed by atoms with Crippen molar-refractivity contribution < 1.29 is 60.7 Å². The van der Waals surface area contributed by atoms with E-state index in [9.17, 15) is 39.6 Å². The van der Waals surface area contributed by atoms with Crippen LogP contribution in [0.25, 0.3) is 0 Å². The summed E-state index contributed by atoms with van der Waals surface area (Å²) < 4.78 is 0. The van der Waals surface area contributed by atoms with Gasteiger partial charge in [0.15, 0.2) is 0 Å². The topological polar surface area (TPSA) is 196 Å². The molecule has 0 aromatic rings. The molecule has 0 aromatic carbocycles. The van der Waals surface area contributed by atoms with Crippen LogP contribution >= 0.6 is 0 Å². The van der Waals surface area contributed by atoms with E-state index in [0.717, 1.165) is 77.0 Å². The van der Waals surface area contributed by atoms with E-state index in [0.29, 0.717) is 25.7 Å². The van der Waals surface area contributed by atoms with Gasteiger partial charge in [-0.05, 0) is 75.0 Å². The number of carboxylic acids is 4. The molecule has 0 amide bonds. The molecular weight excluding hydrogens is 721 g/mol. The minimum Gasteiger partial charge on any atom is -0.550 e. The largest absolute Gasteiger partial charge is 4.00 e. The molecule has 0 spiro atoms. The SMILES string of the molecule is CCCCC(CC)C(=O)[O-].CCCCC(CC)C(=O)[O-].CCCCC(CC)C(=O)[O-].CCCCC(CC)C(=O)[O-].N.[Pt+4]. The van der Waals surface area contributed by atoms with Gasteiger partial charge < -0.3 is 45.8 Å². The maximum atomic E-state index is 10.3. The summed E-state index contributed by atoms with van der Waals surface area (Å²) in [6.45, 7) is 15.8. The molecule has 0 bridgehead atoms. The molecule has 0 aliphatic carbocycles. The van der Waals surface area contributed by atoms with Crippen molar-refractivity contribution in [2.75, 3.05) is 0 Å². The standard InChI is InChI=1S/4C8H16O2.H3N.Pt/c4*1-3-5-6-7(4-2)8(9)10;;/h4*7H,3-6H2,1-2H3,(H,9,10);1H3;/q;;;;;+4/p-4. The summed E-state index contributed by atoms with van der Waals surface area (Å²) in [6, 6.07) is 0. The van der Waals surface area contributed by atoms with Crippen molar-refractivity contribution in [3.8, 4) is 0 Å². The van der Waals surface area contributed by atoms with E-state index in [-0.39, 0.29) is 50.9 Å². The Labute approximate surface area is 271 Å². The average molecular weight is 785 g/mol. The number of hydrogen-bond acceptors (Lipinski definition) is 9. The Morgan fingerprint density at radius 2 is 0.548 bits per heavy atom. The van der Waals surface area contributed by atoms with Gasteiger partial charge in [0.25, 0.3) is 0 Å². The van der Waals surface area contributed by atoms with Gasteiger partial charge in [-0.15, -0.1) is 0 Å². The molecule has 9 nitrogen and oxygen atoms in total. The first-order valence-electron chi connectivity index (χ1n) is 15.7. The first-order chi connectivity index (χ1) is 18.9. The van der Waals surface area contributed by atoms with Gasteiger partial charge in [-0.1, -0.05) is 107 Å². The summed E-state index contributed by atoms with van der Waals surface area (Å²) in [6.07, 6.45) is 14.1. The van der Waals surface area contributed by atoms with Crippen LogP contribution in [0, 0.1) is 23.7 Å². The van der Waals surface area contributed by atoms with Crippen LogP contribution in [0.2, 0.25) is 0 Å². The van der Waals surface area contributed by atoms with E-state index in [4.69, 9.17) is 0 Å². The predicted molar refractivity (Wildman–Crippen MR) is 158 cm³/mol. The quantitative estimate of drug-likeness (QED) is 0.190. The third-order valence-electron chi connectivity index (χ3n) is 6.93. The summed E-state index contributed by atoms with van der Waals surface area (Å²) in [5.74, 6) is -4.46. The zero-order chi connectivity index (χ0) is 31.9. The van der Waals surface area contributed by atoms with E-state index < -0.39 is 23.9 Å². The van der Waals surface area contributed by atoms with Crippen LogP contribution in [-0.4, -0.2) is 23.9 Å². The van der Waals surface area contributed by atoms with Crippen molar-refractivity contribution in [3.63, 3.8) is 0 Å². The van der Waals surface area contributed by atoms with E-state index >= 15 is 0 Å². The van der Waals surface area contributed by atoms with E-state index in [1.165, 1.54) is 0 Å². The second-order valence-electron chi connectivity index (χ2n) is 10.3. The Bertz CT molecular complexity index is 515. The molecule has 0 rings (SSSR count). The fourth-order valence-corrected chi connectivity index (χ4v) is 3.76. The Hall–Kier alpha value is -1.47. The first kappa shape index (κ1) is 53.1. The number of rotatable bonds is 20. The molecule has 0 radical (unpaired) electrons. The molecule has 4 atom stereocenters. The number of carbonyl (C=O) groups is 4. The monoisotopic (exact) mass is 784 g/mol. The molecule has 42 heavy (non-hydrogen) atoms. The zero-order valence-corrected chi connectivity index (χ0v) is 30.2. The molecule has 4 unspecified atom stereocenters. The van der Waals surface area contributed by atoms with Crippen molar-refractivity contribution in [3.05, 3.63) is 0 Å². The fraction of sp³-hybridized carbons (Fsp3) is 0.875. The number of unbranched alkanes of at least 4 members (excludes halogenated alkanes) is 4. The normalized spacial score (nSPS) is 12.4. The maximum Gasteiger partial charge on any atom is 4.00 e. The van der Waals surface area contributed by atoms with Crippen LogP contribution < -0.4 is 26.6 Å². The molecular formula is C32H63NO8Pt.